The zero-order valence-electron chi connectivity index (χ0n) is 12.0. The van der Waals surface area contributed by atoms with Crippen LogP contribution in [0, 0.1) is 4.77 Å². The fourth-order valence-corrected chi connectivity index (χ4v) is 2.48. The standard InChI is InChI=1S/C15H15ClN2O2S2/c1-9(22-2)3-8-12-13(19)17-15(21)18(14(12)20)11-6-4-10(16)5-7-11/h3-9,20H,1-2H3,(H,17,19,21). The van der Waals surface area contributed by atoms with Crippen molar-refractivity contribution in [1.29, 1.82) is 0 Å². The molecule has 116 valence electrons. The van der Waals surface area contributed by atoms with Crippen LogP contribution in [0.5, 0.6) is 5.88 Å². The third kappa shape index (κ3) is 3.63. The molecule has 0 spiro atoms. The van der Waals surface area contributed by atoms with Crippen LogP contribution >= 0.6 is 35.6 Å². The summed E-state index contributed by atoms with van der Waals surface area (Å²) in [7, 11) is 0. The Kier molecular flexibility index (Phi) is 5.50. The number of hydrogen-bond acceptors (Lipinski definition) is 4. The van der Waals surface area contributed by atoms with Gasteiger partial charge in [0.05, 0.1) is 5.69 Å². The van der Waals surface area contributed by atoms with Gasteiger partial charge in [0.1, 0.15) is 5.56 Å². The lowest BCUT2D eigenvalue weighted by molar-refractivity contribution is 0.432. The van der Waals surface area contributed by atoms with Gasteiger partial charge in [-0.25, -0.2) is 0 Å². The van der Waals surface area contributed by atoms with Crippen LogP contribution in [0.4, 0.5) is 0 Å². The summed E-state index contributed by atoms with van der Waals surface area (Å²) in [6, 6.07) is 6.81. The van der Waals surface area contributed by atoms with E-state index in [1.807, 2.05) is 19.3 Å². The molecule has 22 heavy (non-hydrogen) atoms. The molecule has 2 N–H and O–H groups in total. The zero-order chi connectivity index (χ0) is 16.3. The highest BCUT2D eigenvalue weighted by Gasteiger charge is 2.12. The molecule has 0 saturated carbocycles. The molecule has 0 aliphatic carbocycles. The van der Waals surface area contributed by atoms with Crippen molar-refractivity contribution in [3.05, 3.63) is 56.1 Å². The van der Waals surface area contributed by atoms with E-state index in [0.29, 0.717) is 10.7 Å². The number of aromatic amines is 1. The third-order valence-corrected chi connectivity index (χ3v) is 4.55. The summed E-state index contributed by atoms with van der Waals surface area (Å²) >= 11 is 12.7. The van der Waals surface area contributed by atoms with Crippen LogP contribution < -0.4 is 5.56 Å². The largest absolute Gasteiger partial charge is 0.494 e. The topological polar surface area (TPSA) is 58.0 Å². The predicted molar refractivity (Wildman–Crippen MR) is 95.9 cm³/mol. The molecule has 7 heteroatoms. The molecule has 0 aliphatic rings. The Morgan fingerprint density at radius 1 is 1.41 bits per heavy atom. The van der Waals surface area contributed by atoms with Crippen LogP contribution in [0.3, 0.4) is 0 Å². The Morgan fingerprint density at radius 2 is 2.05 bits per heavy atom. The van der Waals surface area contributed by atoms with Gasteiger partial charge in [-0.05, 0) is 55.7 Å². The quantitative estimate of drug-likeness (QED) is 0.814. The Morgan fingerprint density at radius 3 is 2.64 bits per heavy atom. The Labute approximate surface area is 142 Å². The second-order valence-electron chi connectivity index (χ2n) is 4.61. The number of aromatic hydroxyl groups is 1. The Hall–Kier alpha value is -1.50. The van der Waals surface area contributed by atoms with Crippen molar-refractivity contribution >= 4 is 41.7 Å². The maximum Gasteiger partial charge on any atom is 0.262 e. The van der Waals surface area contributed by atoms with Crippen molar-refractivity contribution in [1.82, 2.24) is 9.55 Å². The predicted octanol–water partition coefficient (Wildman–Crippen LogP) is 4.02. The van der Waals surface area contributed by atoms with Crippen molar-refractivity contribution in [3.8, 4) is 11.6 Å². The first-order chi connectivity index (χ1) is 10.4. The van der Waals surface area contributed by atoms with Gasteiger partial charge in [-0.3, -0.25) is 14.3 Å². The minimum Gasteiger partial charge on any atom is -0.494 e. The van der Waals surface area contributed by atoms with Crippen molar-refractivity contribution in [2.75, 3.05) is 6.26 Å². The van der Waals surface area contributed by atoms with Gasteiger partial charge in [-0.1, -0.05) is 17.7 Å². The van der Waals surface area contributed by atoms with Crippen LogP contribution in [0.15, 0.2) is 35.1 Å². The van der Waals surface area contributed by atoms with E-state index in [0.717, 1.165) is 0 Å². The van der Waals surface area contributed by atoms with Crippen molar-refractivity contribution < 1.29 is 5.11 Å². The maximum atomic E-state index is 12.0. The molecule has 0 fully saturated rings. The van der Waals surface area contributed by atoms with E-state index in [1.165, 1.54) is 4.57 Å². The SMILES string of the molecule is CSC(C)C=Cc1c(O)n(-c2ccc(Cl)cc2)c(=S)[nH]c1=O. The molecular formula is C15H15ClN2O2S2. The second-order valence-corrected chi connectivity index (χ2v) is 6.65. The third-order valence-electron chi connectivity index (χ3n) is 3.11. The molecule has 0 saturated heterocycles. The Balaban J connectivity index is 2.61. The van der Waals surface area contributed by atoms with Gasteiger partial charge < -0.3 is 5.11 Å². The lowest BCUT2D eigenvalue weighted by Gasteiger charge is -2.11. The lowest BCUT2D eigenvalue weighted by Crippen LogP contribution is -2.16. The molecule has 1 aromatic heterocycles. The summed E-state index contributed by atoms with van der Waals surface area (Å²) in [5.74, 6) is -0.194. The molecule has 1 aromatic carbocycles. The van der Waals surface area contributed by atoms with E-state index >= 15 is 0 Å². The fourth-order valence-electron chi connectivity index (χ4n) is 1.83. The molecule has 0 amide bonds. The highest BCUT2D eigenvalue weighted by atomic mass is 35.5. The monoisotopic (exact) mass is 354 g/mol. The summed E-state index contributed by atoms with van der Waals surface area (Å²) in [5, 5.41) is 11.2. The molecule has 1 atom stereocenters. The molecule has 4 nitrogen and oxygen atoms in total. The van der Waals surface area contributed by atoms with Crippen molar-refractivity contribution in [2.24, 2.45) is 0 Å². The first-order valence-corrected chi connectivity index (χ1v) is 8.56. The minimum atomic E-state index is -0.419. The van der Waals surface area contributed by atoms with Gasteiger partial charge in [-0.2, -0.15) is 11.8 Å². The van der Waals surface area contributed by atoms with Gasteiger partial charge in [-0.15, -0.1) is 0 Å². The van der Waals surface area contributed by atoms with Crippen molar-refractivity contribution in [2.45, 2.75) is 12.2 Å². The number of benzene rings is 1. The number of nitrogens with one attached hydrogen (secondary N) is 1. The van der Waals surface area contributed by atoms with E-state index in [-0.39, 0.29) is 21.5 Å². The summed E-state index contributed by atoms with van der Waals surface area (Å²) in [5.41, 5.74) is 0.373. The van der Waals surface area contributed by atoms with Gasteiger partial charge in [0.25, 0.3) is 5.56 Å². The van der Waals surface area contributed by atoms with Gasteiger partial charge in [0.2, 0.25) is 5.88 Å². The molecule has 0 radical (unpaired) electrons. The molecule has 0 bridgehead atoms. The summed E-state index contributed by atoms with van der Waals surface area (Å²) < 4.78 is 1.52. The smallest absolute Gasteiger partial charge is 0.262 e. The number of H-pyrrole nitrogens is 1. The van der Waals surface area contributed by atoms with Crippen LogP contribution in [0.25, 0.3) is 11.8 Å². The maximum absolute atomic E-state index is 12.0. The zero-order valence-corrected chi connectivity index (χ0v) is 14.4. The van der Waals surface area contributed by atoms with Crippen LogP contribution in [-0.4, -0.2) is 26.2 Å². The van der Waals surface area contributed by atoms with E-state index in [4.69, 9.17) is 23.8 Å². The molecular weight excluding hydrogens is 340 g/mol. The number of rotatable bonds is 4. The average Bonchev–Trinajstić information content (AvgIpc) is 2.48. The number of halogens is 1. The van der Waals surface area contributed by atoms with E-state index in [9.17, 15) is 9.90 Å². The van der Waals surface area contributed by atoms with Crippen molar-refractivity contribution in [3.63, 3.8) is 0 Å². The molecule has 2 aromatic rings. The van der Waals surface area contributed by atoms with E-state index in [2.05, 4.69) is 4.98 Å². The molecule has 1 unspecified atom stereocenters. The van der Waals surface area contributed by atoms with E-state index < -0.39 is 5.56 Å². The second kappa shape index (κ2) is 7.17. The van der Waals surface area contributed by atoms with Crippen LogP contribution in [0.2, 0.25) is 5.02 Å². The summed E-state index contributed by atoms with van der Waals surface area (Å²) in [6.07, 6.45) is 5.43. The number of nitrogens with zero attached hydrogens (tertiary/aromatic N) is 1. The number of thioether (sulfide) groups is 1. The van der Waals surface area contributed by atoms with Crippen LogP contribution in [-0.2, 0) is 0 Å². The fraction of sp³-hybridized carbons (Fsp3) is 0.200. The summed E-state index contributed by atoms with van der Waals surface area (Å²) in [4.78, 5) is 14.6. The normalized spacial score (nSPS) is 12.7. The average molecular weight is 355 g/mol. The van der Waals surface area contributed by atoms with Gasteiger partial charge in [0, 0.05) is 10.3 Å². The first-order valence-electron chi connectivity index (χ1n) is 6.49. The molecule has 0 aliphatic heterocycles. The molecule has 1 heterocycles. The minimum absolute atomic E-state index is 0.125. The summed E-state index contributed by atoms with van der Waals surface area (Å²) in [6.45, 7) is 2.00. The van der Waals surface area contributed by atoms with E-state index in [1.54, 1.807) is 42.1 Å². The van der Waals surface area contributed by atoms with Gasteiger partial charge in [0.15, 0.2) is 4.77 Å². The van der Waals surface area contributed by atoms with Gasteiger partial charge >= 0.3 is 0 Å². The number of hydrogen-bond donors (Lipinski definition) is 2. The highest BCUT2D eigenvalue weighted by molar-refractivity contribution is 7.99. The molecule has 2 rings (SSSR count). The Bertz CT molecular complexity index is 810. The first kappa shape index (κ1) is 16.9. The van der Waals surface area contributed by atoms with Crippen LogP contribution in [0.1, 0.15) is 12.5 Å². The number of aromatic nitrogens is 2. The lowest BCUT2D eigenvalue weighted by atomic mass is 10.2. The highest BCUT2D eigenvalue weighted by Crippen LogP contribution is 2.22.